The second kappa shape index (κ2) is 5.10. The van der Waals surface area contributed by atoms with Crippen molar-refractivity contribution in [2.24, 2.45) is 0 Å². The smallest absolute Gasteiger partial charge is 0.252 e. The first-order valence-electron chi connectivity index (χ1n) is 6.37. The molecule has 1 aliphatic heterocycles. The quantitative estimate of drug-likeness (QED) is 0.856. The Labute approximate surface area is 117 Å². The van der Waals surface area contributed by atoms with Gasteiger partial charge in [-0.2, -0.15) is 0 Å². The van der Waals surface area contributed by atoms with Crippen molar-refractivity contribution in [3.63, 3.8) is 0 Å². The lowest BCUT2D eigenvalue weighted by molar-refractivity contribution is 0.0938. The van der Waals surface area contributed by atoms with E-state index < -0.39 is 0 Å². The summed E-state index contributed by atoms with van der Waals surface area (Å²) in [7, 11) is 0. The molecule has 2 unspecified atom stereocenters. The number of hydrogen-bond acceptors (Lipinski definition) is 2. The number of amides is 1. The number of rotatable bonds is 1. The molecule has 3 rings (SSSR count). The summed E-state index contributed by atoms with van der Waals surface area (Å²) in [5, 5.41) is 3.33. The average Bonchev–Trinajstić information content (AvgIpc) is 2.57. The molecule has 1 heterocycles. The third kappa shape index (κ3) is 2.38. The van der Waals surface area contributed by atoms with Gasteiger partial charge in [-0.15, -0.1) is 11.8 Å². The summed E-state index contributed by atoms with van der Waals surface area (Å²) in [5.41, 5.74) is 2.02. The van der Waals surface area contributed by atoms with Crippen molar-refractivity contribution in [2.45, 2.75) is 23.1 Å². The van der Waals surface area contributed by atoms with Gasteiger partial charge in [-0.1, -0.05) is 42.5 Å². The minimum atomic E-state index is 0.0223. The van der Waals surface area contributed by atoms with Gasteiger partial charge in [0.15, 0.2) is 0 Å². The van der Waals surface area contributed by atoms with E-state index in [0.29, 0.717) is 0 Å². The van der Waals surface area contributed by atoms with E-state index in [4.69, 9.17) is 0 Å². The second-order valence-corrected chi connectivity index (χ2v) is 5.89. The Balaban J connectivity index is 2.02. The van der Waals surface area contributed by atoms with Crippen LogP contribution in [0.1, 0.15) is 28.1 Å². The Bertz CT molecular complexity index is 597. The van der Waals surface area contributed by atoms with Crippen LogP contribution in [0.2, 0.25) is 0 Å². The standard InChI is InChI=1S/C16H15NOS/c1-11-15(12-7-3-2-4-8-12)19-14-10-6-5-9-13(14)16(18)17-11/h2-11,15H,1H3,(H,17,18). The van der Waals surface area contributed by atoms with E-state index in [9.17, 15) is 4.79 Å². The molecular weight excluding hydrogens is 254 g/mol. The summed E-state index contributed by atoms with van der Waals surface area (Å²) >= 11 is 1.76. The van der Waals surface area contributed by atoms with Crippen LogP contribution in [0.4, 0.5) is 0 Å². The number of nitrogens with one attached hydrogen (secondary N) is 1. The minimum absolute atomic E-state index is 0.0223. The Kier molecular flexibility index (Phi) is 3.30. The van der Waals surface area contributed by atoms with Crippen LogP contribution in [0.3, 0.4) is 0 Å². The second-order valence-electron chi connectivity index (χ2n) is 4.71. The molecule has 1 aliphatic rings. The first kappa shape index (κ1) is 12.3. The van der Waals surface area contributed by atoms with Crippen LogP contribution in [0.25, 0.3) is 0 Å². The summed E-state index contributed by atoms with van der Waals surface area (Å²) in [6.07, 6.45) is 0. The van der Waals surface area contributed by atoms with Crippen LogP contribution in [0.5, 0.6) is 0 Å². The maximum Gasteiger partial charge on any atom is 0.252 e. The Morgan fingerprint density at radius 3 is 2.47 bits per heavy atom. The number of carbonyl (C=O) groups excluding carboxylic acids is 1. The highest BCUT2D eigenvalue weighted by Gasteiger charge is 2.28. The highest BCUT2D eigenvalue weighted by Crippen LogP contribution is 2.41. The lowest BCUT2D eigenvalue weighted by Gasteiger charge is -2.21. The third-order valence-corrected chi connectivity index (χ3v) is 4.87. The maximum atomic E-state index is 12.2. The van der Waals surface area contributed by atoms with Gasteiger partial charge in [0.05, 0.1) is 10.8 Å². The summed E-state index contributed by atoms with van der Waals surface area (Å²) < 4.78 is 0. The molecule has 0 saturated heterocycles. The third-order valence-electron chi connectivity index (χ3n) is 3.33. The summed E-state index contributed by atoms with van der Waals surface area (Å²) in [6.45, 7) is 2.06. The van der Waals surface area contributed by atoms with E-state index in [1.165, 1.54) is 5.56 Å². The van der Waals surface area contributed by atoms with E-state index >= 15 is 0 Å². The fraction of sp³-hybridized carbons (Fsp3) is 0.188. The zero-order valence-electron chi connectivity index (χ0n) is 10.7. The topological polar surface area (TPSA) is 29.1 Å². The van der Waals surface area contributed by atoms with Crippen LogP contribution in [0.15, 0.2) is 59.5 Å². The van der Waals surface area contributed by atoms with Gasteiger partial charge in [0.2, 0.25) is 0 Å². The van der Waals surface area contributed by atoms with E-state index in [1.54, 1.807) is 11.8 Å². The van der Waals surface area contributed by atoms with Gasteiger partial charge in [0.25, 0.3) is 5.91 Å². The lowest BCUT2D eigenvalue weighted by atomic mass is 10.1. The van der Waals surface area contributed by atoms with Crippen molar-refractivity contribution in [3.8, 4) is 0 Å². The molecule has 0 bridgehead atoms. The van der Waals surface area contributed by atoms with Crippen molar-refractivity contribution in [1.29, 1.82) is 0 Å². The number of carbonyl (C=O) groups is 1. The highest BCUT2D eigenvalue weighted by molar-refractivity contribution is 7.99. The summed E-state index contributed by atoms with van der Waals surface area (Å²) in [5.74, 6) is 0.0223. The van der Waals surface area contributed by atoms with Crippen molar-refractivity contribution >= 4 is 17.7 Å². The number of fused-ring (bicyclic) bond motifs is 1. The fourth-order valence-corrected chi connectivity index (χ4v) is 3.64. The molecule has 0 aromatic heterocycles. The van der Waals surface area contributed by atoms with Crippen LogP contribution in [-0.4, -0.2) is 11.9 Å². The molecule has 0 aliphatic carbocycles. The highest BCUT2D eigenvalue weighted by atomic mass is 32.2. The zero-order valence-corrected chi connectivity index (χ0v) is 11.5. The van der Waals surface area contributed by atoms with Crippen molar-refractivity contribution in [3.05, 3.63) is 65.7 Å². The molecular formula is C16H15NOS. The summed E-state index contributed by atoms with van der Waals surface area (Å²) in [6, 6.07) is 18.2. The Morgan fingerprint density at radius 2 is 1.68 bits per heavy atom. The zero-order chi connectivity index (χ0) is 13.2. The molecule has 3 heteroatoms. The lowest BCUT2D eigenvalue weighted by Crippen LogP contribution is -2.34. The van der Waals surface area contributed by atoms with Crippen molar-refractivity contribution in [2.75, 3.05) is 0 Å². The number of benzene rings is 2. The molecule has 2 aromatic rings. The average molecular weight is 269 g/mol. The molecule has 1 N–H and O–H groups in total. The number of hydrogen-bond donors (Lipinski definition) is 1. The first-order valence-corrected chi connectivity index (χ1v) is 7.25. The molecule has 2 nitrogen and oxygen atoms in total. The first-order chi connectivity index (χ1) is 9.25. The predicted octanol–water partition coefficient (Wildman–Crippen LogP) is 3.65. The van der Waals surface area contributed by atoms with Crippen molar-refractivity contribution < 1.29 is 4.79 Å². The van der Waals surface area contributed by atoms with Gasteiger partial charge < -0.3 is 5.32 Å². The Hall–Kier alpha value is -1.74. The molecule has 96 valence electrons. The van der Waals surface area contributed by atoms with Crippen LogP contribution >= 0.6 is 11.8 Å². The molecule has 2 aromatic carbocycles. The van der Waals surface area contributed by atoms with Gasteiger partial charge in [0.1, 0.15) is 0 Å². The fourth-order valence-electron chi connectivity index (χ4n) is 2.36. The molecule has 0 spiro atoms. The predicted molar refractivity (Wildman–Crippen MR) is 78.4 cm³/mol. The van der Waals surface area contributed by atoms with Crippen LogP contribution < -0.4 is 5.32 Å². The van der Waals surface area contributed by atoms with E-state index in [1.807, 2.05) is 42.5 Å². The molecule has 19 heavy (non-hydrogen) atoms. The Morgan fingerprint density at radius 1 is 1.00 bits per heavy atom. The summed E-state index contributed by atoms with van der Waals surface area (Å²) in [4.78, 5) is 13.2. The number of thioether (sulfide) groups is 1. The molecule has 0 saturated carbocycles. The maximum absolute atomic E-state index is 12.2. The van der Waals surface area contributed by atoms with Gasteiger partial charge in [-0.05, 0) is 24.6 Å². The van der Waals surface area contributed by atoms with E-state index in [0.717, 1.165) is 10.5 Å². The SMILES string of the molecule is CC1NC(=O)c2ccccc2SC1c1ccccc1. The van der Waals surface area contributed by atoms with Crippen molar-refractivity contribution in [1.82, 2.24) is 5.32 Å². The molecule has 0 fully saturated rings. The normalized spacial score (nSPS) is 22.3. The van der Waals surface area contributed by atoms with E-state index in [-0.39, 0.29) is 17.2 Å². The van der Waals surface area contributed by atoms with Gasteiger partial charge in [0, 0.05) is 10.9 Å². The van der Waals surface area contributed by atoms with Crippen LogP contribution in [-0.2, 0) is 0 Å². The molecule has 1 amide bonds. The largest absolute Gasteiger partial charge is 0.348 e. The van der Waals surface area contributed by atoms with Crippen LogP contribution in [0, 0.1) is 0 Å². The van der Waals surface area contributed by atoms with Gasteiger partial charge in [-0.25, -0.2) is 0 Å². The van der Waals surface area contributed by atoms with Gasteiger partial charge >= 0.3 is 0 Å². The molecule has 0 radical (unpaired) electrons. The molecule has 2 atom stereocenters. The van der Waals surface area contributed by atoms with Gasteiger partial charge in [-0.3, -0.25) is 4.79 Å². The minimum Gasteiger partial charge on any atom is -0.348 e. The monoisotopic (exact) mass is 269 g/mol. The van der Waals surface area contributed by atoms with E-state index in [2.05, 4.69) is 24.4 Å².